The Bertz CT molecular complexity index is 462. The number of carbonyl (C=O) groups excluding carboxylic acids is 1. The first-order valence-electron chi connectivity index (χ1n) is 6.80. The lowest BCUT2D eigenvalue weighted by Crippen LogP contribution is -2.38. The number of rotatable bonds is 5. The number of nitrogens with zero attached hydrogens (tertiary/aromatic N) is 1. The SMILES string of the molecule is Nc1ccc(Cl)cc1C(=O)NCCCN1CCOCC1. The molecule has 1 aliphatic rings. The first kappa shape index (κ1) is 15.1. The topological polar surface area (TPSA) is 67.6 Å². The van der Waals surface area contributed by atoms with E-state index in [2.05, 4.69) is 10.2 Å². The normalized spacial score (nSPS) is 16.1. The lowest BCUT2D eigenvalue weighted by Gasteiger charge is -2.26. The van der Waals surface area contributed by atoms with Crippen molar-refractivity contribution in [3.8, 4) is 0 Å². The standard InChI is InChI=1S/C14H20ClN3O2/c15-11-2-3-13(16)12(10-11)14(19)17-4-1-5-18-6-8-20-9-7-18/h2-3,10H,1,4-9,16H2,(H,17,19). The molecule has 1 heterocycles. The highest BCUT2D eigenvalue weighted by Gasteiger charge is 2.11. The molecule has 1 aromatic carbocycles. The molecule has 0 radical (unpaired) electrons. The van der Waals surface area contributed by atoms with Crippen LogP contribution >= 0.6 is 11.6 Å². The minimum absolute atomic E-state index is 0.174. The van der Waals surface area contributed by atoms with E-state index in [1.165, 1.54) is 0 Å². The molecule has 0 aromatic heterocycles. The molecule has 0 atom stereocenters. The summed E-state index contributed by atoms with van der Waals surface area (Å²) in [4.78, 5) is 14.3. The predicted molar refractivity (Wildman–Crippen MR) is 80.1 cm³/mol. The number of nitrogen functional groups attached to an aromatic ring is 1. The minimum atomic E-state index is -0.174. The molecule has 1 aliphatic heterocycles. The number of halogens is 1. The third-order valence-corrected chi connectivity index (χ3v) is 3.54. The second-order valence-electron chi connectivity index (χ2n) is 4.80. The van der Waals surface area contributed by atoms with Crippen LogP contribution in [0.4, 0.5) is 5.69 Å². The van der Waals surface area contributed by atoms with Crippen LogP contribution in [0.2, 0.25) is 5.02 Å². The van der Waals surface area contributed by atoms with E-state index in [4.69, 9.17) is 22.1 Å². The van der Waals surface area contributed by atoms with Crippen molar-refractivity contribution in [1.82, 2.24) is 10.2 Å². The Morgan fingerprint density at radius 3 is 2.90 bits per heavy atom. The van der Waals surface area contributed by atoms with Gasteiger partial charge in [0.15, 0.2) is 0 Å². The van der Waals surface area contributed by atoms with Crippen molar-refractivity contribution >= 4 is 23.2 Å². The summed E-state index contributed by atoms with van der Waals surface area (Å²) in [7, 11) is 0. The van der Waals surface area contributed by atoms with Crippen molar-refractivity contribution in [2.45, 2.75) is 6.42 Å². The number of carbonyl (C=O) groups is 1. The summed E-state index contributed by atoms with van der Waals surface area (Å²) < 4.78 is 5.29. The van der Waals surface area contributed by atoms with Crippen molar-refractivity contribution in [2.75, 3.05) is 45.1 Å². The van der Waals surface area contributed by atoms with Gasteiger partial charge in [-0.05, 0) is 31.2 Å². The molecule has 20 heavy (non-hydrogen) atoms. The molecule has 110 valence electrons. The van der Waals surface area contributed by atoms with E-state index in [1.807, 2.05) is 0 Å². The average molecular weight is 298 g/mol. The molecule has 2 rings (SSSR count). The zero-order valence-electron chi connectivity index (χ0n) is 11.4. The van der Waals surface area contributed by atoms with E-state index in [1.54, 1.807) is 18.2 Å². The Morgan fingerprint density at radius 2 is 2.15 bits per heavy atom. The summed E-state index contributed by atoms with van der Waals surface area (Å²) in [6.45, 7) is 5.12. The molecule has 3 N–H and O–H groups in total. The molecule has 0 saturated carbocycles. The van der Waals surface area contributed by atoms with Crippen molar-refractivity contribution in [3.05, 3.63) is 28.8 Å². The maximum absolute atomic E-state index is 12.0. The van der Waals surface area contributed by atoms with Gasteiger partial charge in [0.1, 0.15) is 0 Å². The molecule has 0 unspecified atom stereocenters. The van der Waals surface area contributed by atoms with E-state index >= 15 is 0 Å². The van der Waals surface area contributed by atoms with Crippen LogP contribution < -0.4 is 11.1 Å². The monoisotopic (exact) mass is 297 g/mol. The number of amides is 1. The van der Waals surface area contributed by atoms with E-state index in [0.717, 1.165) is 39.3 Å². The lowest BCUT2D eigenvalue weighted by molar-refractivity contribution is 0.0374. The number of benzene rings is 1. The Balaban J connectivity index is 1.73. The maximum Gasteiger partial charge on any atom is 0.253 e. The fraction of sp³-hybridized carbons (Fsp3) is 0.500. The number of nitrogens with one attached hydrogen (secondary N) is 1. The number of hydrogen-bond donors (Lipinski definition) is 2. The van der Waals surface area contributed by atoms with Gasteiger partial charge in [0.25, 0.3) is 5.91 Å². The zero-order valence-corrected chi connectivity index (χ0v) is 12.2. The molecular formula is C14H20ClN3O2. The van der Waals surface area contributed by atoms with Crippen molar-refractivity contribution in [2.24, 2.45) is 0 Å². The van der Waals surface area contributed by atoms with Gasteiger partial charge in [-0.25, -0.2) is 0 Å². The highest BCUT2D eigenvalue weighted by atomic mass is 35.5. The molecule has 5 nitrogen and oxygen atoms in total. The van der Waals surface area contributed by atoms with Gasteiger partial charge >= 0.3 is 0 Å². The second kappa shape index (κ2) is 7.47. The van der Waals surface area contributed by atoms with E-state index in [-0.39, 0.29) is 5.91 Å². The third-order valence-electron chi connectivity index (χ3n) is 3.30. The Morgan fingerprint density at radius 1 is 1.40 bits per heavy atom. The lowest BCUT2D eigenvalue weighted by atomic mass is 10.1. The quantitative estimate of drug-likeness (QED) is 0.636. The summed E-state index contributed by atoms with van der Waals surface area (Å²) >= 11 is 5.87. The molecule has 1 aromatic rings. The Labute approximate surface area is 124 Å². The zero-order chi connectivity index (χ0) is 14.4. The minimum Gasteiger partial charge on any atom is -0.398 e. The van der Waals surface area contributed by atoms with Crippen LogP contribution in [0.5, 0.6) is 0 Å². The number of nitrogens with two attached hydrogens (primary N) is 1. The summed E-state index contributed by atoms with van der Waals surface area (Å²) in [5.74, 6) is -0.174. The first-order chi connectivity index (χ1) is 9.66. The van der Waals surface area contributed by atoms with Crippen LogP contribution in [0.3, 0.4) is 0 Å². The number of hydrogen-bond acceptors (Lipinski definition) is 4. The highest BCUT2D eigenvalue weighted by Crippen LogP contribution is 2.17. The van der Waals surface area contributed by atoms with Gasteiger partial charge < -0.3 is 15.8 Å². The summed E-state index contributed by atoms with van der Waals surface area (Å²) in [5, 5.41) is 3.38. The van der Waals surface area contributed by atoms with Gasteiger partial charge in [0.2, 0.25) is 0 Å². The van der Waals surface area contributed by atoms with Crippen molar-refractivity contribution in [1.29, 1.82) is 0 Å². The molecule has 1 amide bonds. The second-order valence-corrected chi connectivity index (χ2v) is 5.23. The average Bonchev–Trinajstić information content (AvgIpc) is 2.47. The van der Waals surface area contributed by atoms with Crippen LogP contribution in [0.15, 0.2) is 18.2 Å². The molecule has 6 heteroatoms. The van der Waals surface area contributed by atoms with Crippen LogP contribution in [-0.2, 0) is 4.74 Å². The van der Waals surface area contributed by atoms with Gasteiger partial charge in [-0.2, -0.15) is 0 Å². The molecule has 0 spiro atoms. The number of ether oxygens (including phenoxy) is 1. The van der Waals surface area contributed by atoms with Crippen molar-refractivity contribution in [3.63, 3.8) is 0 Å². The van der Waals surface area contributed by atoms with Crippen LogP contribution in [0, 0.1) is 0 Å². The number of morpholine rings is 1. The predicted octanol–water partition coefficient (Wildman–Crippen LogP) is 1.37. The smallest absolute Gasteiger partial charge is 0.253 e. The fourth-order valence-corrected chi connectivity index (χ4v) is 2.32. The van der Waals surface area contributed by atoms with E-state index < -0.39 is 0 Å². The van der Waals surface area contributed by atoms with E-state index in [0.29, 0.717) is 22.8 Å². The van der Waals surface area contributed by atoms with Gasteiger partial charge in [-0.3, -0.25) is 9.69 Å². The Hall–Kier alpha value is -1.30. The molecule has 1 fully saturated rings. The number of anilines is 1. The summed E-state index contributed by atoms with van der Waals surface area (Å²) in [5.41, 5.74) is 6.65. The third kappa shape index (κ3) is 4.37. The Kier molecular flexibility index (Phi) is 5.64. The summed E-state index contributed by atoms with van der Waals surface area (Å²) in [6.07, 6.45) is 0.909. The summed E-state index contributed by atoms with van der Waals surface area (Å²) in [6, 6.07) is 4.91. The molecular weight excluding hydrogens is 278 g/mol. The van der Waals surface area contributed by atoms with Crippen LogP contribution in [-0.4, -0.2) is 50.2 Å². The highest BCUT2D eigenvalue weighted by molar-refractivity contribution is 6.31. The molecule has 0 aliphatic carbocycles. The first-order valence-corrected chi connectivity index (χ1v) is 7.18. The van der Waals surface area contributed by atoms with Crippen LogP contribution in [0.1, 0.15) is 16.8 Å². The van der Waals surface area contributed by atoms with Gasteiger partial charge in [-0.1, -0.05) is 11.6 Å². The van der Waals surface area contributed by atoms with Gasteiger partial charge in [0, 0.05) is 30.3 Å². The van der Waals surface area contributed by atoms with E-state index in [9.17, 15) is 4.79 Å². The van der Waals surface area contributed by atoms with Crippen LogP contribution in [0.25, 0.3) is 0 Å². The maximum atomic E-state index is 12.0. The van der Waals surface area contributed by atoms with Gasteiger partial charge in [0.05, 0.1) is 18.8 Å². The fourth-order valence-electron chi connectivity index (χ4n) is 2.15. The molecule has 0 bridgehead atoms. The largest absolute Gasteiger partial charge is 0.398 e. The van der Waals surface area contributed by atoms with Crippen molar-refractivity contribution < 1.29 is 9.53 Å². The molecule has 1 saturated heterocycles. The van der Waals surface area contributed by atoms with Gasteiger partial charge in [-0.15, -0.1) is 0 Å².